The first-order valence-corrected chi connectivity index (χ1v) is 7.07. The number of hydrogen-bond donors (Lipinski definition) is 0. The molecule has 0 N–H and O–H groups in total. The molecule has 0 saturated heterocycles. The van der Waals surface area contributed by atoms with Gasteiger partial charge in [-0.25, -0.2) is 0 Å². The van der Waals surface area contributed by atoms with E-state index in [1.165, 1.54) is 16.7 Å². The second-order valence-electron chi connectivity index (χ2n) is 5.14. The average Bonchev–Trinajstić information content (AvgIpc) is 2.36. The smallest absolute Gasteiger partial charge is 0.0837 e. The molecular weight excluding hydrogens is 226 g/mol. The Balaban J connectivity index is 2.24. The highest BCUT2D eigenvalue weighted by atomic mass is 32.2. The van der Waals surface area contributed by atoms with E-state index in [0.29, 0.717) is 5.41 Å². The van der Waals surface area contributed by atoms with Crippen molar-refractivity contribution in [3.05, 3.63) is 36.5 Å². The third-order valence-electron chi connectivity index (χ3n) is 3.17. The Morgan fingerprint density at radius 3 is 2.71 bits per heavy atom. The van der Waals surface area contributed by atoms with E-state index in [1.54, 1.807) is 0 Å². The maximum Gasteiger partial charge on any atom is 0.0837 e. The minimum absolute atomic E-state index is 0.390. The average molecular weight is 245 g/mol. The lowest BCUT2D eigenvalue weighted by Crippen LogP contribution is -2.12. The summed E-state index contributed by atoms with van der Waals surface area (Å²) in [6.45, 7) is 6.89. The SMILES string of the molecule is CCC(C)(C)CSc1cccc2cccnc12. The van der Waals surface area contributed by atoms with Crippen molar-refractivity contribution in [3.8, 4) is 0 Å². The molecule has 0 aliphatic carbocycles. The molecule has 1 nitrogen and oxygen atoms in total. The van der Waals surface area contributed by atoms with E-state index in [2.05, 4.69) is 50.0 Å². The summed E-state index contributed by atoms with van der Waals surface area (Å²) in [6, 6.07) is 10.5. The lowest BCUT2D eigenvalue weighted by Gasteiger charge is -2.21. The molecular formula is C15H19NS. The molecule has 2 heteroatoms. The molecule has 17 heavy (non-hydrogen) atoms. The van der Waals surface area contributed by atoms with E-state index in [0.717, 1.165) is 11.3 Å². The van der Waals surface area contributed by atoms with Crippen molar-refractivity contribution in [1.82, 2.24) is 4.98 Å². The largest absolute Gasteiger partial charge is 0.255 e. The van der Waals surface area contributed by atoms with Crippen LogP contribution in [-0.2, 0) is 0 Å². The van der Waals surface area contributed by atoms with Crippen molar-refractivity contribution in [2.24, 2.45) is 5.41 Å². The van der Waals surface area contributed by atoms with E-state index in [9.17, 15) is 0 Å². The van der Waals surface area contributed by atoms with E-state index >= 15 is 0 Å². The predicted molar refractivity (Wildman–Crippen MR) is 76.5 cm³/mol. The zero-order valence-electron chi connectivity index (χ0n) is 10.7. The molecule has 0 saturated carbocycles. The van der Waals surface area contributed by atoms with Crippen LogP contribution in [0.2, 0.25) is 0 Å². The van der Waals surface area contributed by atoms with Crippen LogP contribution in [0.1, 0.15) is 27.2 Å². The molecule has 0 aliphatic heterocycles. The molecule has 1 aromatic carbocycles. The molecule has 2 aromatic rings. The summed E-state index contributed by atoms with van der Waals surface area (Å²) in [4.78, 5) is 5.78. The summed E-state index contributed by atoms with van der Waals surface area (Å²) in [5, 5.41) is 1.23. The third kappa shape index (κ3) is 3.01. The van der Waals surface area contributed by atoms with Gasteiger partial charge in [0.15, 0.2) is 0 Å². The van der Waals surface area contributed by atoms with Crippen molar-refractivity contribution in [2.45, 2.75) is 32.1 Å². The number of fused-ring (bicyclic) bond motifs is 1. The van der Waals surface area contributed by atoms with E-state index < -0.39 is 0 Å². The molecule has 2 rings (SSSR count). The molecule has 0 radical (unpaired) electrons. The topological polar surface area (TPSA) is 12.9 Å². The highest BCUT2D eigenvalue weighted by Crippen LogP contribution is 2.33. The molecule has 0 unspecified atom stereocenters. The zero-order valence-corrected chi connectivity index (χ0v) is 11.6. The van der Waals surface area contributed by atoms with Crippen LogP contribution >= 0.6 is 11.8 Å². The molecule has 0 aliphatic rings. The van der Waals surface area contributed by atoms with Crippen LogP contribution in [0.15, 0.2) is 41.4 Å². The standard InChI is InChI=1S/C15H19NS/c1-4-15(2,3)11-17-13-9-5-7-12-8-6-10-16-14(12)13/h5-10H,4,11H2,1-3H3. The van der Waals surface area contributed by atoms with Gasteiger partial charge >= 0.3 is 0 Å². The minimum Gasteiger partial charge on any atom is -0.255 e. The summed E-state index contributed by atoms with van der Waals surface area (Å²) < 4.78 is 0. The van der Waals surface area contributed by atoms with Crippen molar-refractivity contribution in [1.29, 1.82) is 0 Å². The van der Waals surface area contributed by atoms with Crippen LogP contribution in [0, 0.1) is 5.41 Å². The number of hydrogen-bond acceptors (Lipinski definition) is 2. The summed E-state index contributed by atoms with van der Waals surface area (Å²) in [5.41, 5.74) is 1.52. The van der Waals surface area contributed by atoms with Crippen molar-refractivity contribution >= 4 is 22.7 Å². The van der Waals surface area contributed by atoms with Crippen LogP contribution in [0.3, 0.4) is 0 Å². The Hall–Kier alpha value is -1.02. The van der Waals surface area contributed by atoms with Gasteiger partial charge in [-0.05, 0) is 17.5 Å². The molecule has 0 amide bonds. The second-order valence-corrected chi connectivity index (χ2v) is 6.15. The van der Waals surface area contributed by atoms with Crippen LogP contribution < -0.4 is 0 Å². The fourth-order valence-corrected chi connectivity index (χ4v) is 2.80. The molecule has 0 fully saturated rings. The fourth-order valence-electron chi connectivity index (χ4n) is 1.57. The Labute approximate surface area is 108 Å². The summed E-state index contributed by atoms with van der Waals surface area (Å²) in [6.07, 6.45) is 3.08. The first-order valence-electron chi connectivity index (χ1n) is 6.09. The Morgan fingerprint density at radius 2 is 1.94 bits per heavy atom. The van der Waals surface area contributed by atoms with Gasteiger partial charge in [0.2, 0.25) is 0 Å². The molecule has 0 spiro atoms. The first-order chi connectivity index (χ1) is 8.12. The van der Waals surface area contributed by atoms with Crippen LogP contribution in [0.5, 0.6) is 0 Å². The van der Waals surface area contributed by atoms with Gasteiger partial charge in [0.05, 0.1) is 5.52 Å². The molecule has 90 valence electrons. The number of rotatable bonds is 4. The lowest BCUT2D eigenvalue weighted by atomic mass is 9.93. The van der Waals surface area contributed by atoms with Gasteiger partial charge in [-0.3, -0.25) is 4.98 Å². The summed E-state index contributed by atoms with van der Waals surface area (Å²) in [7, 11) is 0. The van der Waals surface area contributed by atoms with Gasteiger partial charge in [-0.1, -0.05) is 45.4 Å². The Bertz CT molecular complexity index is 500. The van der Waals surface area contributed by atoms with Gasteiger partial charge < -0.3 is 0 Å². The number of para-hydroxylation sites is 1. The number of nitrogens with zero attached hydrogens (tertiary/aromatic N) is 1. The van der Waals surface area contributed by atoms with Gasteiger partial charge in [0, 0.05) is 22.2 Å². The van der Waals surface area contributed by atoms with E-state index in [-0.39, 0.29) is 0 Å². The van der Waals surface area contributed by atoms with Gasteiger partial charge in [0.1, 0.15) is 0 Å². The normalized spacial score (nSPS) is 11.9. The molecule has 1 aromatic heterocycles. The highest BCUT2D eigenvalue weighted by Gasteiger charge is 2.16. The maximum atomic E-state index is 4.49. The minimum atomic E-state index is 0.390. The van der Waals surface area contributed by atoms with E-state index in [4.69, 9.17) is 0 Å². The lowest BCUT2D eigenvalue weighted by molar-refractivity contribution is 0.408. The molecule has 0 atom stereocenters. The van der Waals surface area contributed by atoms with Crippen LogP contribution in [0.4, 0.5) is 0 Å². The zero-order chi connectivity index (χ0) is 12.3. The number of aromatic nitrogens is 1. The van der Waals surface area contributed by atoms with Crippen molar-refractivity contribution in [2.75, 3.05) is 5.75 Å². The van der Waals surface area contributed by atoms with Crippen molar-refractivity contribution in [3.63, 3.8) is 0 Å². The van der Waals surface area contributed by atoms with Crippen molar-refractivity contribution < 1.29 is 0 Å². The Morgan fingerprint density at radius 1 is 1.18 bits per heavy atom. The quantitative estimate of drug-likeness (QED) is 0.720. The van der Waals surface area contributed by atoms with Crippen LogP contribution in [0.25, 0.3) is 10.9 Å². The first kappa shape index (κ1) is 12.4. The fraction of sp³-hybridized carbons (Fsp3) is 0.400. The second kappa shape index (κ2) is 5.09. The Kier molecular flexibility index (Phi) is 3.72. The van der Waals surface area contributed by atoms with Crippen LogP contribution in [-0.4, -0.2) is 10.7 Å². The maximum absolute atomic E-state index is 4.49. The predicted octanol–water partition coefficient (Wildman–Crippen LogP) is 4.76. The monoisotopic (exact) mass is 245 g/mol. The van der Waals surface area contributed by atoms with Gasteiger partial charge in [-0.15, -0.1) is 11.8 Å². The number of thioether (sulfide) groups is 1. The summed E-state index contributed by atoms with van der Waals surface area (Å²) in [5.74, 6) is 1.14. The summed E-state index contributed by atoms with van der Waals surface area (Å²) >= 11 is 1.92. The third-order valence-corrected chi connectivity index (χ3v) is 4.74. The van der Waals surface area contributed by atoms with E-state index in [1.807, 2.05) is 24.0 Å². The van der Waals surface area contributed by atoms with Gasteiger partial charge in [0.25, 0.3) is 0 Å². The molecule has 0 bridgehead atoms. The molecule has 1 heterocycles. The number of pyridine rings is 1. The number of benzene rings is 1. The van der Waals surface area contributed by atoms with Gasteiger partial charge in [-0.2, -0.15) is 0 Å². The highest BCUT2D eigenvalue weighted by molar-refractivity contribution is 7.99.